The SMILES string of the molecule is COCCNC(=O)[C@@H]1C[C@@H](O)CN1C1CCN(C(=O)c2ccc(C(C)C)cc2)CC1. The molecule has 2 aliphatic heterocycles. The van der Waals surface area contributed by atoms with Gasteiger partial charge in [-0.05, 0) is 42.9 Å². The third kappa shape index (κ3) is 5.39. The van der Waals surface area contributed by atoms with Gasteiger partial charge in [0, 0.05) is 44.9 Å². The van der Waals surface area contributed by atoms with Crippen LogP contribution in [0.3, 0.4) is 0 Å². The zero-order chi connectivity index (χ0) is 21.7. The van der Waals surface area contributed by atoms with Crippen molar-refractivity contribution in [2.75, 3.05) is 39.9 Å². The summed E-state index contributed by atoms with van der Waals surface area (Å²) in [5.74, 6) is 0.465. The van der Waals surface area contributed by atoms with Gasteiger partial charge in [-0.3, -0.25) is 14.5 Å². The van der Waals surface area contributed by atoms with Crippen molar-refractivity contribution < 1.29 is 19.4 Å². The van der Waals surface area contributed by atoms with Gasteiger partial charge in [-0.25, -0.2) is 0 Å². The van der Waals surface area contributed by atoms with Crippen molar-refractivity contribution in [1.82, 2.24) is 15.1 Å². The number of carbonyl (C=O) groups excluding carboxylic acids is 2. The van der Waals surface area contributed by atoms with E-state index in [0.717, 1.165) is 18.4 Å². The summed E-state index contributed by atoms with van der Waals surface area (Å²) in [7, 11) is 1.60. The number of nitrogens with one attached hydrogen (secondary N) is 1. The van der Waals surface area contributed by atoms with E-state index in [-0.39, 0.29) is 23.9 Å². The van der Waals surface area contributed by atoms with E-state index < -0.39 is 6.10 Å². The Balaban J connectivity index is 1.55. The van der Waals surface area contributed by atoms with Crippen LogP contribution in [0.15, 0.2) is 24.3 Å². The molecule has 2 atom stereocenters. The van der Waals surface area contributed by atoms with Crippen LogP contribution in [-0.2, 0) is 9.53 Å². The topological polar surface area (TPSA) is 82.1 Å². The molecule has 2 N–H and O–H groups in total. The van der Waals surface area contributed by atoms with Gasteiger partial charge in [0.25, 0.3) is 5.91 Å². The van der Waals surface area contributed by atoms with E-state index in [2.05, 4.69) is 24.1 Å². The van der Waals surface area contributed by atoms with Gasteiger partial charge in [-0.15, -0.1) is 0 Å². The van der Waals surface area contributed by atoms with Crippen LogP contribution in [0.4, 0.5) is 0 Å². The number of ether oxygens (including phenoxy) is 1. The summed E-state index contributed by atoms with van der Waals surface area (Å²) in [6.45, 7) is 7.07. The monoisotopic (exact) mass is 417 g/mol. The first-order valence-corrected chi connectivity index (χ1v) is 11.0. The zero-order valence-corrected chi connectivity index (χ0v) is 18.3. The molecule has 0 aromatic heterocycles. The number of piperidine rings is 1. The molecule has 7 nitrogen and oxygen atoms in total. The number of rotatable bonds is 7. The first-order valence-electron chi connectivity index (χ1n) is 11.0. The predicted molar refractivity (Wildman–Crippen MR) is 115 cm³/mol. The number of methoxy groups -OCH3 is 1. The van der Waals surface area contributed by atoms with Gasteiger partial charge in [0.05, 0.1) is 18.8 Å². The maximum absolute atomic E-state index is 12.9. The van der Waals surface area contributed by atoms with Crippen LogP contribution >= 0.6 is 0 Å². The van der Waals surface area contributed by atoms with Gasteiger partial charge < -0.3 is 20.1 Å². The van der Waals surface area contributed by atoms with Gasteiger partial charge in [-0.2, -0.15) is 0 Å². The Morgan fingerprint density at radius 2 is 1.87 bits per heavy atom. The molecule has 2 heterocycles. The van der Waals surface area contributed by atoms with E-state index in [1.807, 2.05) is 29.2 Å². The number of hydrogen-bond donors (Lipinski definition) is 2. The van der Waals surface area contributed by atoms with Crippen LogP contribution in [-0.4, -0.2) is 84.8 Å². The van der Waals surface area contributed by atoms with Crippen molar-refractivity contribution in [3.05, 3.63) is 35.4 Å². The predicted octanol–water partition coefficient (Wildman–Crippen LogP) is 1.61. The van der Waals surface area contributed by atoms with E-state index in [1.165, 1.54) is 5.56 Å². The molecule has 30 heavy (non-hydrogen) atoms. The summed E-state index contributed by atoms with van der Waals surface area (Å²) in [5.41, 5.74) is 1.96. The number of β-amino-alcohol motifs (C(OH)–C–C–N with tert-alkyl or cyclic N) is 1. The minimum atomic E-state index is -0.484. The normalized spacial score (nSPS) is 23.2. The van der Waals surface area contributed by atoms with Crippen molar-refractivity contribution in [3.63, 3.8) is 0 Å². The van der Waals surface area contributed by atoms with Crippen LogP contribution < -0.4 is 5.32 Å². The molecule has 3 rings (SSSR count). The van der Waals surface area contributed by atoms with Crippen LogP contribution in [0.1, 0.15) is 54.9 Å². The van der Waals surface area contributed by atoms with Crippen LogP contribution in [0, 0.1) is 0 Å². The molecule has 0 unspecified atom stereocenters. The van der Waals surface area contributed by atoms with Crippen molar-refractivity contribution in [1.29, 1.82) is 0 Å². The minimum Gasteiger partial charge on any atom is -0.392 e. The van der Waals surface area contributed by atoms with Crippen molar-refractivity contribution in [3.8, 4) is 0 Å². The molecule has 0 aliphatic carbocycles. The first kappa shape index (κ1) is 22.7. The van der Waals surface area contributed by atoms with E-state index in [0.29, 0.717) is 45.1 Å². The van der Waals surface area contributed by atoms with Crippen molar-refractivity contribution in [2.24, 2.45) is 0 Å². The third-order valence-corrected chi connectivity index (χ3v) is 6.27. The molecule has 1 aromatic rings. The standard InChI is InChI=1S/C23H35N3O4/c1-16(2)17-4-6-18(7-5-17)23(29)25-11-8-19(9-12-25)26-15-20(27)14-21(26)22(28)24-10-13-30-3/h4-7,16,19-21,27H,8-15H2,1-3H3,(H,24,28)/t20-,21+/m1/s1. The molecular formula is C23H35N3O4. The highest BCUT2D eigenvalue weighted by molar-refractivity contribution is 5.94. The van der Waals surface area contributed by atoms with Crippen molar-refractivity contribution in [2.45, 2.75) is 57.2 Å². The molecule has 0 bridgehead atoms. The summed E-state index contributed by atoms with van der Waals surface area (Å²) in [5, 5.41) is 13.1. The lowest BCUT2D eigenvalue weighted by Crippen LogP contribution is -2.52. The molecule has 7 heteroatoms. The molecule has 166 valence electrons. The van der Waals surface area contributed by atoms with Gasteiger partial charge >= 0.3 is 0 Å². The molecule has 1 aromatic carbocycles. The number of benzene rings is 1. The second kappa shape index (κ2) is 10.4. The summed E-state index contributed by atoms with van der Waals surface area (Å²) in [6.07, 6.45) is 1.59. The highest BCUT2D eigenvalue weighted by atomic mass is 16.5. The Hall–Kier alpha value is -1.96. The second-order valence-electron chi connectivity index (χ2n) is 8.69. The van der Waals surface area contributed by atoms with E-state index in [4.69, 9.17) is 4.74 Å². The lowest BCUT2D eigenvalue weighted by atomic mass is 9.99. The first-order chi connectivity index (χ1) is 14.4. The molecule has 0 saturated carbocycles. The van der Waals surface area contributed by atoms with Crippen LogP contribution in [0.2, 0.25) is 0 Å². The Morgan fingerprint density at radius 3 is 2.47 bits per heavy atom. The Kier molecular flexibility index (Phi) is 7.86. The maximum Gasteiger partial charge on any atom is 0.253 e. The molecular weight excluding hydrogens is 382 g/mol. The fourth-order valence-corrected chi connectivity index (χ4v) is 4.49. The van der Waals surface area contributed by atoms with Crippen LogP contribution in [0.5, 0.6) is 0 Å². The average molecular weight is 418 g/mol. The summed E-state index contributed by atoms with van der Waals surface area (Å²) in [4.78, 5) is 29.5. The largest absolute Gasteiger partial charge is 0.392 e. The summed E-state index contributed by atoms with van der Waals surface area (Å²) in [6, 6.07) is 7.79. The Bertz CT molecular complexity index is 714. The van der Waals surface area contributed by atoms with Crippen molar-refractivity contribution >= 4 is 11.8 Å². The van der Waals surface area contributed by atoms with Gasteiger partial charge in [0.15, 0.2) is 0 Å². The quantitative estimate of drug-likeness (QED) is 0.659. The minimum absolute atomic E-state index is 0.0488. The molecule has 0 spiro atoms. The number of aliphatic hydroxyl groups excluding tert-OH is 1. The highest BCUT2D eigenvalue weighted by Gasteiger charge is 2.40. The lowest BCUT2D eigenvalue weighted by molar-refractivity contribution is -0.126. The Labute approximate surface area is 179 Å². The number of likely N-dealkylation sites (tertiary alicyclic amines) is 2. The fourth-order valence-electron chi connectivity index (χ4n) is 4.49. The second-order valence-corrected chi connectivity index (χ2v) is 8.69. The number of amides is 2. The molecule has 2 fully saturated rings. The third-order valence-electron chi connectivity index (χ3n) is 6.27. The zero-order valence-electron chi connectivity index (χ0n) is 18.3. The lowest BCUT2D eigenvalue weighted by Gasteiger charge is -2.39. The molecule has 2 amide bonds. The van der Waals surface area contributed by atoms with Crippen LogP contribution in [0.25, 0.3) is 0 Å². The van der Waals surface area contributed by atoms with E-state index in [9.17, 15) is 14.7 Å². The fraction of sp³-hybridized carbons (Fsp3) is 0.652. The molecule has 2 saturated heterocycles. The number of aliphatic hydroxyl groups is 1. The summed E-state index contributed by atoms with van der Waals surface area (Å²) < 4.78 is 4.99. The highest BCUT2D eigenvalue weighted by Crippen LogP contribution is 2.27. The number of hydrogen-bond acceptors (Lipinski definition) is 5. The summed E-state index contributed by atoms with van der Waals surface area (Å²) >= 11 is 0. The molecule has 0 radical (unpaired) electrons. The maximum atomic E-state index is 12.9. The van der Waals surface area contributed by atoms with Gasteiger partial charge in [0.2, 0.25) is 5.91 Å². The van der Waals surface area contributed by atoms with Gasteiger partial charge in [-0.1, -0.05) is 26.0 Å². The number of carbonyl (C=O) groups is 2. The van der Waals surface area contributed by atoms with E-state index >= 15 is 0 Å². The average Bonchev–Trinajstić information content (AvgIpc) is 3.15. The number of nitrogens with zero attached hydrogens (tertiary/aromatic N) is 2. The Morgan fingerprint density at radius 1 is 1.20 bits per heavy atom. The van der Waals surface area contributed by atoms with Gasteiger partial charge in [0.1, 0.15) is 0 Å². The molecule has 2 aliphatic rings. The van der Waals surface area contributed by atoms with E-state index in [1.54, 1.807) is 7.11 Å². The smallest absolute Gasteiger partial charge is 0.253 e.